The van der Waals surface area contributed by atoms with E-state index in [2.05, 4.69) is 14.8 Å². The van der Waals surface area contributed by atoms with Crippen LogP contribution >= 0.6 is 0 Å². The number of carbonyl (C=O) groups excluding carboxylic acids is 1. The summed E-state index contributed by atoms with van der Waals surface area (Å²) in [5.74, 6) is -2.06. The average molecular weight is 294 g/mol. The van der Waals surface area contributed by atoms with Gasteiger partial charge in [0.25, 0.3) is 0 Å². The number of nitro benzene ring substituents is 1. The summed E-state index contributed by atoms with van der Waals surface area (Å²) in [7, 11) is 2.27. The standard InChI is InChI=1S/C10H9F3N2O5/c1-14-6-3-5(9(16)19-2)4-7(8(6)15(17)18)20-10(11,12)13/h3-4,14H,1-2H3. The number of rotatable bonds is 4. The number of alkyl halides is 3. The molecule has 0 aliphatic heterocycles. The minimum atomic E-state index is -5.13. The van der Waals surface area contributed by atoms with Crippen molar-refractivity contribution in [3.8, 4) is 5.75 Å². The molecule has 10 heteroatoms. The second kappa shape index (κ2) is 5.63. The molecule has 0 saturated carbocycles. The number of nitrogens with one attached hydrogen (secondary N) is 1. The molecule has 1 N–H and O–H groups in total. The van der Waals surface area contributed by atoms with E-state index >= 15 is 0 Å². The third-order valence-corrected chi connectivity index (χ3v) is 2.17. The van der Waals surface area contributed by atoms with Gasteiger partial charge in [0.05, 0.1) is 17.6 Å². The van der Waals surface area contributed by atoms with E-state index in [-0.39, 0.29) is 11.3 Å². The lowest BCUT2D eigenvalue weighted by molar-refractivity contribution is -0.387. The van der Waals surface area contributed by atoms with Gasteiger partial charge in [0.2, 0.25) is 5.75 Å². The first-order chi connectivity index (χ1) is 9.19. The first-order valence-electron chi connectivity index (χ1n) is 5.04. The number of carbonyl (C=O) groups is 1. The molecule has 0 radical (unpaired) electrons. The molecule has 110 valence electrons. The van der Waals surface area contributed by atoms with Gasteiger partial charge >= 0.3 is 18.0 Å². The Labute approximate surface area is 110 Å². The fourth-order valence-corrected chi connectivity index (χ4v) is 1.42. The molecule has 0 unspecified atom stereocenters. The molecule has 0 aliphatic carbocycles. The van der Waals surface area contributed by atoms with Crippen molar-refractivity contribution in [2.24, 2.45) is 0 Å². The summed E-state index contributed by atoms with van der Waals surface area (Å²) in [6.45, 7) is 0. The van der Waals surface area contributed by atoms with Crippen molar-refractivity contribution < 1.29 is 32.4 Å². The second-order valence-electron chi connectivity index (χ2n) is 3.42. The molecule has 0 heterocycles. The molecule has 0 aliphatic rings. The molecule has 1 rings (SSSR count). The summed E-state index contributed by atoms with van der Waals surface area (Å²) in [4.78, 5) is 21.1. The van der Waals surface area contributed by atoms with Crippen LogP contribution in [0.1, 0.15) is 10.4 Å². The highest BCUT2D eigenvalue weighted by Gasteiger charge is 2.36. The van der Waals surface area contributed by atoms with Crippen molar-refractivity contribution in [3.63, 3.8) is 0 Å². The highest BCUT2D eigenvalue weighted by atomic mass is 19.4. The van der Waals surface area contributed by atoms with Gasteiger partial charge in [-0.1, -0.05) is 0 Å². The molecule has 0 amide bonds. The Kier molecular flexibility index (Phi) is 4.38. The largest absolute Gasteiger partial charge is 0.573 e. The number of methoxy groups -OCH3 is 1. The number of nitro groups is 1. The summed E-state index contributed by atoms with van der Waals surface area (Å²) < 4.78 is 44.7. The predicted molar refractivity (Wildman–Crippen MR) is 60.7 cm³/mol. The number of anilines is 1. The van der Waals surface area contributed by atoms with Crippen LogP contribution in [0.3, 0.4) is 0 Å². The number of benzene rings is 1. The third-order valence-electron chi connectivity index (χ3n) is 2.17. The van der Waals surface area contributed by atoms with Gasteiger partial charge in [-0.3, -0.25) is 10.1 Å². The molecule has 7 nitrogen and oxygen atoms in total. The van der Waals surface area contributed by atoms with Crippen LogP contribution in [0, 0.1) is 10.1 Å². The molecule has 1 aromatic rings. The number of hydrogen-bond acceptors (Lipinski definition) is 6. The van der Waals surface area contributed by atoms with Crippen molar-refractivity contribution >= 4 is 17.3 Å². The molecule has 20 heavy (non-hydrogen) atoms. The summed E-state index contributed by atoms with van der Waals surface area (Å²) in [5, 5.41) is 13.2. The molecule has 1 aromatic carbocycles. The predicted octanol–water partition coefficient (Wildman–Crippen LogP) is 2.32. The van der Waals surface area contributed by atoms with Gasteiger partial charge < -0.3 is 14.8 Å². The molecule has 0 aromatic heterocycles. The average Bonchev–Trinajstić information content (AvgIpc) is 2.34. The van der Waals surface area contributed by atoms with Crippen LogP contribution in [0.25, 0.3) is 0 Å². The van der Waals surface area contributed by atoms with Gasteiger partial charge in [-0.2, -0.15) is 0 Å². The lowest BCUT2D eigenvalue weighted by atomic mass is 10.1. The Hall–Kier alpha value is -2.52. The summed E-state index contributed by atoms with van der Waals surface area (Å²) >= 11 is 0. The molecular weight excluding hydrogens is 285 g/mol. The maximum Gasteiger partial charge on any atom is 0.573 e. The fraction of sp³-hybridized carbons (Fsp3) is 0.300. The van der Waals surface area contributed by atoms with Gasteiger partial charge in [0.15, 0.2) is 0 Å². The zero-order chi connectivity index (χ0) is 15.5. The zero-order valence-corrected chi connectivity index (χ0v) is 10.3. The van der Waals surface area contributed by atoms with Gasteiger partial charge in [-0.05, 0) is 6.07 Å². The molecular formula is C10H9F3N2O5. The van der Waals surface area contributed by atoms with E-state index in [0.717, 1.165) is 13.2 Å². The van der Waals surface area contributed by atoms with Gasteiger partial charge in [-0.15, -0.1) is 13.2 Å². The lowest BCUT2D eigenvalue weighted by Gasteiger charge is -2.12. The Morgan fingerprint density at radius 2 is 2.00 bits per heavy atom. The van der Waals surface area contributed by atoms with Crippen LogP contribution in [-0.2, 0) is 4.74 Å². The Balaban J connectivity index is 3.49. The number of nitrogens with zero attached hydrogens (tertiary/aromatic N) is 1. The van der Waals surface area contributed by atoms with Crippen LogP contribution in [-0.4, -0.2) is 31.4 Å². The highest BCUT2D eigenvalue weighted by Crippen LogP contribution is 2.39. The highest BCUT2D eigenvalue weighted by molar-refractivity contribution is 5.93. The van der Waals surface area contributed by atoms with E-state index in [1.54, 1.807) is 0 Å². The van der Waals surface area contributed by atoms with E-state index in [0.29, 0.717) is 6.07 Å². The molecule has 0 atom stereocenters. The van der Waals surface area contributed by atoms with Gasteiger partial charge in [0.1, 0.15) is 5.69 Å². The maximum absolute atomic E-state index is 12.3. The minimum Gasteiger partial charge on any atom is -0.465 e. The van der Waals surface area contributed by atoms with Gasteiger partial charge in [0, 0.05) is 13.1 Å². The first-order valence-corrected chi connectivity index (χ1v) is 5.04. The quantitative estimate of drug-likeness (QED) is 0.520. The molecule has 0 bridgehead atoms. The van der Waals surface area contributed by atoms with Crippen molar-refractivity contribution in [2.75, 3.05) is 19.5 Å². The van der Waals surface area contributed by atoms with Crippen molar-refractivity contribution in [1.29, 1.82) is 0 Å². The van der Waals surface area contributed by atoms with E-state index in [4.69, 9.17) is 0 Å². The summed E-state index contributed by atoms with van der Waals surface area (Å²) in [6, 6.07) is 1.59. The van der Waals surface area contributed by atoms with Crippen molar-refractivity contribution in [2.45, 2.75) is 6.36 Å². The number of halogens is 3. The normalized spacial score (nSPS) is 10.8. The SMILES string of the molecule is CNc1cc(C(=O)OC)cc(OC(F)(F)F)c1[N+](=O)[O-]. The van der Waals surface area contributed by atoms with Crippen LogP contribution in [0.15, 0.2) is 12.1 Å². The van der Waals surface area contributed by atoms with E-state index in [9.17, 15) is 28.1 Å². The van der Waals surface area contributed by atoms with Crippen LogP contribution < -0.4 is 10.1 Å². The van der Waals surface area contributed by atoms with Crippen LogP contribution in [0.2, 0.25) is 0 Å². The van der Waals surface area contributed by atoms with Crippen LogP contribution in [0.5, 0.6) is 5.75 Å². The second-order valence-corrected chi connectivity index (χ2v) is 3.42. The lowest BCUT2D eigenvalue weighted by Crippen LogP contribution is -2.19. The van der Waals surface area contributed by atoms with Crippen molar-refractivity contribution in [1.82, 2.24) is 0 Å². The number of esters is 1. The van der Waals surface area contributed by atoms with Crippen LogP contribution in [0.4, 0.5) is 24.5 Å². The molecule has 0 saturated heterocycles. The fourth-order valence-electron chi connectivity index (χ4n) is 1.42. The monoisotopic (exact) mass is 294 g/mol. The number of hydrogen-bond donors (Lipinski definition) is 1. The number of ether oxygens (including phenoxy) is 2. The van der Waals surface area contributed by atoms with E-state index in [1.807, 2.05) is 0 Å². The van der Waals surface area contributed by atoms with Gasteiger partial charge in [-0.25, -0.2) is 4.79 Å². The maximum atomic E-state index is 12.3. The van der Waals surface area contributed by atoms with E-state index < -0.39 is 28.7 Å². The smallest absolute Gasteiger partial charge is 0.465 e. The zero-order valence-electron chi connectivity index (χ0n) is 10.3. The van der Waals surface area contributed by atoms with Crippen molar-refractivity contribution in [3.05, 3.63) is 27.8 Å². The Bertz CT molecular complexity index is 544. The molecule has 0 spiro atoms. The summed E-state index contributed by atoms with van der Waals surface area (Å²) in [6.07, 6.45) is -5.13. The minimum absolute atomic E-state index is 0.308. The topological polar surface area (TPSA) is 90.7 Å². The molecule has 0 fully saturated rings. The Morgan fingerprint density at radius 3 is 2.40 bits per heavy atom. The summed E-state index contributed by atoms with van der Waals surface area (Å²) in [5.41, 5.74) is -1.56. The van der Waals surface area contributed by atoms with E-state index in [1.165, 1.54) is 7.05 Å². The first kappa shape index (κ1) is 15.5. The third kappa shape index (κ3) is 3.49. The Morgan fingerprint density at radius 1 is 1.40 bits per heavy atom.